The van der Waals surface area contributed by atoms with E-state index in [-0.39, 0.29) is 0 Å². The summed E-state index contributed by atoms with van der Waals surface area (Å²) in [6.07, 6.45) is 3.05. The second kappa shape index (κ2) is 7.30. The SMILES string of the molecule is CCCNc1c(C)c(CC)nc2c(OCCC)cccc12. The van der Waals surface area contributed by atoms with E-state index in [1.807, 2.05) is 6.07 Å². The minimum absolute atomic E-state index is 0.730. The highest BCUT2D eigenvalue weighted by molar-refractivity contribution is 5.96. The molecule has 0 aliphatic heterocycles. The predicted octanol–water partition coefficient (Wildman–Crippen LogP) is 4.72. The fourth-order valence-corrected chi connectivity index (χ4v) is 2.56. The van der Waals surface area contributed by atoms with E-state index in [9.17, 15) is 0 Å². The molecule has 0 saturated carbocycles. The van der Waals surface area contributed by atoms with Gasteiger partial charge in [0.05, 0.1) is 6.61 Å². The van der Waals surface area contributed by atoms with Gasteiger partial charge in [-0.15, -0.1) is 0 Å². The summed E-state index contributed by atoms with van der Waals surface area (Å²) in [4.78, 5) is 4.85. The number of aryl methyl sites for hydroxylation is 1. The van der Waals surface area contributed by atoms with Crippen molar-refractivity contribution in [2.75, 3.05) is 18.5 Å². The Morgan fingerprint density at radius 3 is 2.62 bits per heavy atom. The van der Waals surface area contributed by atoms with Gasteiger partial charge in [-0.3, -0.25) is 0 Å². The number of para-hydroxylation sites is 1. The lowest BCUT2D eigenvalue weighted by Gasteiger charge is -2.17. The second-order valence-electron chi connectivity index (χ2n) is 5.34. The van der Waals surface area contributed by atoms with Crippen LogP contribution in [0.25, 0.3) is 10.9 Å². The maximum absolute atomic E-state index is 5.88. The molecule has 3 nitrogen and oxygen atoms in total. The van der Waals surface area contributed by atoms with Crippen LogP contribution >= 0.6 is 0 Å². The minimum Gasteiger partial charge on any atom is -0.491 e. The molecular formula is C18H26N2O. The molecule has 1 heterocycles. The molecule has 0 unspecified atom stereocenters. The molecule has 2 aromatic rings. The fraction of sp³-hybridized carbons (Fsp3) is 0.500. The topological polar surface area (TPSA) is 34.2 Å². The monoisotopic (exact) mass is 286 g/mol. The Kier molecular flexibility index (Phi) is 5.43. The molecule has 1 aromatic heterocycles. The lowest BCUT2D eigenvalue weighted by molar-refractivity contribution is 0.320. The Hall–Kier alpha value is -1.77. The average Bonchev–Trinajstić information content (AvgIpc) is 2.51. The van der Waals surface area contributed by atoms with Gasteiger partial charge >= 0.3 is 0 Å². The van der Waals surface area contributed by atoms with Crippen molar-refractivity contribution in [2.24, 2.45) is 0 Å². The number of nitrogens with one attached hydrogen (secondary N) is 1. The summed E-state index contributed by atoms with van der Waals surface area (Å²) in [6.45, 7) is 10.3. The maximum Gasteiger partial charge on any atom is 0.145 e. The average molecular weight is 286 g/mol. The van der Waals surface area contributed by atoms with Crippen molar-refractivity contribution in [2.45, 2.75) is 47.0 Å². The van der Waals surface area contributed by atoms with E-state index in [1.165, 1.54) is 11.3 Å². The van der Waals surface area contributed by atoms with Gasteiger partial charge in [-0.2, -0.15) is 0 Å². The standard InChI is InChI=1S/C18H26N2O/c1-5-11-19-17-13(4)15(7-3)20-18-14(17)9-8-10-16(18)21-12-6-2/h8-10H,5-7,11-12H2,1-4H3,(H,19,20). The van der Waals surface area contributed by atoms with Crippen LogP contribution in [-0.4, -0.2) is 18.1 Å². The van der Waals surface area contributed by atoms with E-state index in [2.05, 4.69) is 45.1 Å². The highest BCUT2D eigenvalue weighted by Crippen LogP contribution is 2.33. The largest absolute Gasteiger partial charge is 0.491 e. The van der Waals surface area contributed by atoms with Crippen LogP contribution in [0.15, 0.2) is 18.2 Å². The van der Waals surface area contributed by atoms with Crippen LogP contribution < -0.4 is 10.1 Å². The molecule has 0 spiro atoms. The zero-order chi connectivity index (χ0) is 15.2. The van der Waals surface area contributed by atoms with E-state index < -0.39 is 0 Å². The van der Waals surface area contributed by atoms with E-state index in [4.69, 9.17) is 9.72 Å². The Bertz CT molecular complexity index is 608. The van der Waals surface area contributed by atoms with Crippen molar-refractivity contribution in [1.29, 1.82) is 0 Å². The molecule has 1 aromatic carbocycles. The highest BCUT2D eigenvalue weighted by Gasteiger charge is 2.13. The van der Waals surface area contributed by atoms with Gasteiger partial charge in [-0.05, 0) is 37.8 Å². The molecule has 0 aliphatic carbocycles. The molecule has 1 N–H and O–H groups in total. The number of ether oxygens (including phenoxy) is 1. The van der Waals surface area contributed by atoms with Crippen LogP contribution in [-0.2, 0) is 6.42 Å². The molecule has 0 amide bonds. The van der Waals surface area contributed by atoms with Gasteiger partial charge in [-0.25, -0.2) is 4.98 Å². The Labute approximate surface area is 127 Å². The Morgan fingerprint density at radius 1 is 1.14 bits per heavy atom. The molecule has 0 radical (unpaired) electrons. The van der Waals surface area contributed by atoms with Gasteiger partial charge in [0, 0.05) is 23.3 Å². The highest BCUT2D eigenvalue weighted by atomic mass is 16.5. The van der Waals surface area contributed by atoms with Crippen LogP contribution in [0.5, 0.6) is 5.75 Å². The van der Waals surface area contributed by atoms with Crippen molar-refractivity contribution >= 4 is 16.6 Å². The summed E-state index contributed by atoms with van der Waals surface area (Å²) in [5.74, 6) is 0.892. The van der Waals surface area contributed by atoms with Crippen molar-refractivity contribution in [3.63, 3.8) is 0 Å². The van der Waals surface area contributed by atoms with E-state index in [0.717, 1.165) is 54.8 Å². The first-order valence-electron chi connectivity index (χ1n) is 8.01. The molecule has 0 saturated heterocycles. The number of aromatic nitrogens is 1. The number of nitrogens with zero attached hydrogens (tertiary/aromatic N) is 1. The van der Waals surface area contributed by atoms with Gasteiger partial charge in [0.1, 0.15) is 11.3 Å². The third-order valence-electron chi connectivity index (χ3n) is 3.67. The maximum atomic E-state index is 5.88. The lowest BCUT2D eigenvalue weighted by atomic mass is 10.0. The van der Waals surface area contributed by atoms with Crippen LogP contribution in [0, 0.1) is 6.92 Å². The summed E-state index contributed by atoms with van der Waals surface area (Å²) in [5.41, 5.74) is 4.59. The fourth-order valence-electron chi connectivity index (χ4n) is 2.56. The van der Waals surface area contributed by atoms with Crippen LogP contribution in [0.1, 0.15) is 44.9 Å². The number of hydrogen-bond donors (Lipinski definition) is 1. The molecule has 21 heavy (non-hydrogen) atoms. The quantitative estimate of drug-likeness (QED) is 0.800. The number of hydrogen-bond acceptors (Lipinski definition) is 3. The number of rotatable bonds is 7. The number of fused-ring (bicyclic) bond motifs is 1. The summed E-state index contributed by atoms with van der Waals surface area (Å²) < 4.78 is 5.88. The third-order valence-corrected chi connectivity index (χ3v) is 3.67. The first kappa shape index (κ1) is 15.6. The van der Waals surface area contributed by atoms with E-state index in [0.29, 0.717) is 0 Å². The van der Waals surface area contributed by atoms with Crippen LogP contribution in [0.2, 0.25) is 0 Å². The molecule has 0 atom stereocenters. The molecule has 114 valence electrons. The zero-order valence-corrected chi connectivity index (χ0v) is 13.6. The van der Waals surface area contributed by atoms with E-state index in [1.54, 1.807) is 0 Å². The van der Waals surface area contributed by atoms with Gasteiger partial charge in [0.15, 0.2) is 0 Å². The Morgan fingerprint density at radius 2 is 1.95 bits per heavy atom. The normalized spacial score (nSPS) is 10.9. The third kappa shape index (κ3) is 3.29. The van der Waals surface area contributed by atoms with Gasteiger partial charge in [-0.1, -0.05) is 32.9 Å². The second-order valence-corrected chi connectivity index (χ2v) is 5.34. The van der Waals surface area contributed by atoms with Gasteiger partial charge in [0.2, 0.25) is 0 Å². The smallest absolute Gasteiger partial charge is 0.145 e. The lowest BCUT2D eigenvalue weighted by Crippen LogP contribution is -2.07. The summed E-state index contributed by atoms with van der Waals surface area (Å²) in [7, 11) is 0. The Balaban J connectivity index is 2.60. The molecule has 3 heteroatoms. The molecule has 0 aliphatic rings. The van der Waals surface area contributed by atoms with Crippen molar-refractivity contribution in [3.8, 4) is 5.75 Å². The first-order valence-corrected chi connectivity index (χ1v) is 8.01. The summed E-state index contributed by atoms with van der Waals surface area (Å²) in [5, 5.41) is 4.73. The molecule has 2 rings (SSSR count). The van der Waals surface area contributed by atoms with Crippen molar-refractivity contribution < 1.29 is 4.74 Å². The predicted molar refractivity (Wildman–Crippen MR) is 90.4 cm³/mol. The molecule has 0 fully saturated rings. The molecular weight excluding hydrogens is 260 g/mol. The summed E-state index contributed by atoms with van der Waals surface area (Å²) in [6, 6.07) is 6.20. The van der Waals surface area contributed by atoms with Crippen LogP contribution in [0.3, 0.4) is 0 Å². The zero-order valence-electron chi connectivity index (χ0n) is 13.6. The minimum atomic E-state index is 0.730. The van der Waals surface area contributed by atoms with Crippen molar-refractivity contribution in [1.82, 2.24) is 4.98 Å². The van der Waals surface area contributed by atoms with Crippen molar-refractivity contribution in [3.05, 3.63) is 29.5 Å². The molecule has 0 bridgehead atoms. The number of pyridine rings is 1. The number of anilines is 1. The van der Waals surface area contributed by atoms with Gasteiger partial charge in [0.25, 0.3) is 0 Å². The van der Waals surface area contributed by atoms with Crippen LogP contribution in [0.4, 0.5) is 5.69 Å². The first-order chi connectivity index (χ1) is 10.2. The van der Waals surface area contributed by atoms with Gasteiger partial charge < -0.3 is 10.1 Å². The number of benzene rings is 1. The van der Waals surface area contributed by atoms with E-state index >= 15 is 0 Å². The summed E-state index contributed by atoms with van der Waals surface area (Å²) >= 11 is 0.